The monoisotopic (exact) mass is 400 g/mol. The van der Waals surface area contributed by atoms with Crippen LogP contribution in [0.1, 0.15) is 55.8 Å². The maximum Gasteiger partial charge on any atom is 0.354 e. The number of ketones is 1. The molecule has 0 atom stereocenters. The predicted molar refractivity (Wildman–Crippen MR) is 109 cm³/mol. The molecule has 29 heavy (non-hydrogen) atoms. The number of carbonyl (C=O) groups is 3. The minimum absolute atomic E-state index is 0.0833. The number of Topliss-reactive ketones (excluding diaryl/α,β-unsaturated/α-hetero) is 1. The second-order valence-corrected chi connectivity index (χ2v) is 6.68. The normalized spacial score (nSPS) is 10.6. The Balaban J connectivity index is 2.23. The highest BCUT2D eigenvalue weighted by molar-refractivity contribution is 6.05. The van der Waals surface area contributed by atoms with Crippen LogP contribution in [0.3, 0.4) is 0 Å². The van der Waals surface area contributed by atoms with Crippen molar-refractivity contribution in [1.29, 1.82) is 0 Å². The van der Waals surface area contributed by atoms with Crippen LogP contribution in [0.25, 0.3) is 0 Å². The van der Waals surface area contributed by atoms with Gasteiger partial charge < -0.3 is 19.4 Å². The number of methoxy groups -OCH3 is 1. The van der Waals surface area contributed by atoms with E-state index in [9.17, 15) is 14.4 Å². The van der Waals surface area contributed by atoms with E-state index < -0.39 is 5.97 Å². The number of nitrogens with zero attached hydrogens (tertiary/aromatic N) is 1. The van der Waals surface area contributed by atoms with E-state index in [0.29, 0.717) is 48.6 Å². The van der Waals surface area contributed by atoms with E-state index in [4.69, 9.17) is 9.47 Å². The van der Waals surface area contributed by atoms with E-state index in [1.54, 1.807) is 38.1 Å². The lowest BCUT2D eigenvalue weighted by molar-refractivity contribution is 0.0593. The zero-order valence-corrected chi connectivity index (χ0v) is 17.4. The third kappa shape index (κ3) is 5.54. The van der Waals surface area contributed by atoms with E-state index in [1.165, 1.54) is 12.0 Å². The first-order valence-electron chi connectivity index (χ1n) is 9.63. The summed E-state index contributed by atoms with van der Waals surface area (Å²) in [5.74, 6) is -0.972. The number of carbonyl (C=O) groups excluding carboxylic acids is 3. The molecular weight excluding hydrogens is 372 g/mol. The van der Waals surface area contributed by atoms with Crippen LogP contribution < -0.4 is 0 Å². The van der Waals surface area contributed by atoms with Crippen LogP contribution in [-0.2, 0) is 9.47 Å². The molecule has 2 aromatic rings. The number of nitrogens with one attached hydrogen (secondary N) is 1. The number of hydrogen-bond acceptors (Lipinski definition) is 5. The fraction of sp³-hybridized carbons (Fsp3) is 0.409. The lowest BCUT2D eigenvalue weighted by Crippen LogP contribution is -2.37. The van der Waals surface area contributed by atoms with Crippen molar-refractivity contribution in [3.05, 3.63) is 58.4 Å². The summed E-state index contributed by atoms with van der Waals surface area (Å²) in [6.07, 6.45) is 0.623. The fourth-order valence-corrected chi connectivity index (χ4v) is 3.24. The number of benzene rings is 1. The van der Waals surface area contributed by atoms with Gasteiger partial charge in [0.2, 0.25) is 0 Å². The SMILES string of the molecule is CCOCCCN(CC(=O)c1c(C)[nH]c(C(=O)OC)c1C)C(=O)c1ccccc1. The molecule has 7 nitrogen and oxygen atoms in total. The smallest absolute Gasteiger partial charge is 0.354 e. The van der Waals surface area contributed by atoms with Gasteiger partial charge in [0.25, 0.3) is 5.91 Å². The lowest BCUT2D eigenvalue weighted by atomic mass is 10.0. The van der Waals surface area contributed by atoms with Gasteiger partial charge in [-0.1, -0.05) is 18.2 Å². The molecule has 1 aromatic heterocycles. The number of H-pyrrole nitrogens is 1. The summed E-state index contributed by atoms with van der Waals surface area (Å²) < 4.78 is 10.1. The number of amides is 1. The molecule has 7 heteroatoms. The molecular formula is C22H28N2O5. The van der Waals surface area contributed by atoms with Gasteiger partial charge in [0.05, 0.1) is 13.7 Å². The van der Waals surface area contributed by atoms with E-state index in [2.05, 4.69) is 4.98 Å². The van der Waals surface area contributed by atoms with Gasteiger partial charge in [-0.25, -0.2) is 4.79 Å². The Labute approximate surface area is 171 Å². The highest BCUT2D eigenvalue weighted by Crippen LogP contribution is 2.20. The van der Waals surface area contributed by atoms with Crippen molar-refractivity contribution in [2.75, 3.05) is 33.4 Å². The molecule has 0 saturated carbocycles. The van der Waals surface area contributed by atoms with E-state index in [1.807, 2.05) is 13.0 Å². The van der Waals surface area contributed by atoms with Crippen LogP contribution in [0, 0.1) is 13.8 Å². The van der Waals surface area contributed by atoms with Crippen molar-refractivity contribution >= 4 is 17.7 Å². The summed E-state index contributed by atoms with van der Waals surface area (Å²) in [5.41, 5.74) is 2.30. The van der Waals surface area contributed by atoms with Gasteiger partial charge in [0, 0.05) is 36.6 Å². The van der Waals surface area contributed by atoms with Gasteiger partial charge in [-0.15, -0.1) is 0 Å². The van der Waals surface area contributed by atoms with Crippen LogP contribution in [0.15, 0.2) is 30.3 Å². The summed E-state index contributed by atoms with van der Waals surface area (Å²) in [6, 6.07) is 8.87. The largest absolute Gasteiger partial charge is 0.464 e. The van der Waals surface area contributed by atoms with Gasteiger partial charge >= 0.3 is 5.97 Å². The molecule has 0 fully saturated rings. The number of hydrogen-bond donors (Lipinski definition) is 1. The molecule has 0 spiro atoms. The summed E-state index contributed by atoms with van der Waals surface area (Å²) in [7, 11) is 1.29. The second-order valence-electron chi connectivity index (χ2n) is 6.68. The minimum Gasteiger partial charge on any atom is -0.464 e. The minimum atomic E-state index is -0.529. The molecule has 0 aliphatic carbocycles. The van der Waals surface area contributed by atoms with Crippen molar-refractivity contribution in [1.82, 2.24) is 9.88 Å². The highest BCUT2D eigenvalue weighted by Gasteiger charge is 2.25. The Hall–Kier alpha value is -2.93. The van der Waals surface area contributed by atoms with Crippen molar-refractivity contribution in [3.8, 4) is 0 Å². The van der Waals surface area contributed by atoms with Crippen molar-refractivity contribution in [2.45, 2.75) is 27.2 Å². The van der Waals surface area contributed by atoms with Gasteiger partial charge in [0.15, 0.2) is 5.78 Å². The maximum absolute atomic E-state index is 13.0. The number of aromatic nitrogens is 1. The first-order chi connectivity index (χ1) is 13.9. The molecule has 1 N–H and O–H groups in total. The Morgan fingerprint density at radius 3 is 2.41 bits per heavy atom. The van der Waals surface area contributed by atoms with Crippen LogP contribution >= 0.6 is 0 Å². The third-order valence-corrected chi connectivity index (χ3v) is 4.67. The quantitative estimate of drug-likeness (QED) is 0.376. The average molecular weight is 400 g/mol. The van der Waals surface area contributed by atoms with Crippen molar-refractivity contribution in [3.63, 3.8) is 0 Å². The molecule has 1 aromatic carbocycles. The van der Waals surface area contributed by atoms with Gasteiger partial charge in [-0.05, 0) is 44.9 Å². The van der Waals surface area contributed by atoms with Crippen LogP contribution in [0.5, 0.6) is 0 Å². The fourth-order valence-electron chi connectivity index (χ4n) is 3.24. The number of rotatable bonds is 10. The lowest BCUT2D eigenvalue weighted by Gasteiger charge is -2.22. The van der Waals surface area contributed by atoms with Crippen molar-refractivity contribution in [2.24, 2.45) is 0 Å². The molecule has 0 bridgehead atoms. The standard InChI is InChI=1S/C22H28N2O5/c1-5-29-13-9-12-24(21(26)17-10-7-6-8-11-17)14-18(25)19-15(2)20(22(27)28-4)23-16(19)3/h6-8,10-11,23H,5,9,12-14H2,1-4H3. The number of ether oxygens (including phenoxy) is 2. The van der Waals surface area contributed by atoms with Crippen LogP contribution in [-0.4, -0.2) is 61.0 Å². The molecule has 156 valence electrons. The maximum atomic E-state index is 13.0. The zero-order valence-electron chi connectivity index (χ0n) is 17.4. The molecule has 2 rings (SSSR count). The Bertz CT molecular complexity index is 858. The van der Waals surface area contributed by atoms with E-state index in [-0.39, 0.29) is 23.9 Å². The summed E-state index contributed by atoms with van der Waals surface area (Å²) >= 11 is 0. The molecule has 1 heterocycles. The number of esters is 1. The average Bonchev–Trinajstić information content (AvgIpc) is 3.03. The van der Waals surface area contributed by atoms with Gasteiger partial charge in [-0.2, -0.15) is 0 Å². The molecule has 0 aliphatic heterocycles. The number of aromatic amines is 1. The second kappa shape index (κ2) is 10.6. The highest BCUT2D eigenvalue weighted by atomic mass is 16.5. The Kier molecular flexibility index (Phi) is 8.15. The Morgan fingerprint density at radius 1 is 1.10 bits per heavy atom. The molecule has 0 radical (unpaired) electrons. The van der Waals surface area contributed by atoms with E-state index >= 15 is 0 Å². The Morgan fingerprint density at radius 2 is 1.79 bits per heavy atom. The van der Waals surface area contributed by atoms with Crippen LogP contribution in [0.2, 0.25) is 0 Å². The first kappa shape index (κ1) is 22.4. The van der Waals surface area contributed by atoms with Gasteiger partial charge in [0.1, 0.15) is 5.69 Å². The topological polar surface area (TPSA) is 88.7 Å². The molecule has 0 aliphatic rings. The first-order valence-corrected chi connectivity index (χ1v) is 9.63. The van der Waals surface area contributed by atoms with E-state index in [0.717, 1.165) is 0 Å². The van der Waals surface area contributed by atoms with Crippen molar-refractivity contribution < 1.29 is 23.9 Å². The zero-order chi connectivity index (χ0) is 21.4. The predicted octanol–water partition coefficient (Wildman–Crippen LogP) is 3.17. The molecule has 0 saturated heterocycles. The molecule has 0 unspecified atom stereocenters. The summed E-state index contributed by atoms with van der Waals surface area (Å²) in [4.78, 5) is 42.3. The summed E-state index contributed by atoms with van der Waals surface area (Å²) in [6.45, 7) is 6.76. The third-order valence-electron chi connectivity index (χ3n) is 4.67. The number of aryl methyl sites for hydroxylation is 1. The summed E-state index contributed by atoms with van der Waals surface area (Å²) in [5, 5.41) is 0. The molecule has 1 amide bonds. The van der Waals surface area contributed by atoms with Crippen LogP contribution in [0.4, 0.5) is 0 Å². The van der Waals surface area contributed by atoms with Gasteiger partial charge in [-0.3, -0.25) is 9.59 Å².